The van der Waals surface area contributed by atoms with E-state index in [1.54, 1.807) is 11.9 Å². The molecule has 1 fully saturated rings. The number of hydrogen-bond acceptors (Lipinski definition) is 6. The molecule has 24 heavy (non-hydrogen) atoms. The zero-order valence-corrected chi connectivity index (χ0v) is 13.2. The Kier molecular flexibility index (Phi) is 3.69. The molecule has 0 spiro atoms. The molecule has 0 bridgehead atoms. The van der Waals surface area contributed by atoms with E-state index >= 15 is 0 Å². The highest BCUT2D eigenvalue weighted by Gasteiger charge is 2.28. The number of morpholine rings is 1. The van der Waals surface area contributed by atoms with Crippen molar-refractivity contribution in [3.63, 3.8) is 0 Å². The number of tetrazole rings is 1. The number of nitrogens with one attached hydrogen (secondary N) is 1. The molecule has 0 saturated carbocycles. The molecule has 1 atom stereocenters. The molecule has 2 aromatic heterocycles. The third-order valence-electron chi connectivity index (χ3n) is 4.10. The maximum atomic E-state index is 12.7. The monoisotopic (exact) mass is 327 g/mol. The highest BCUT2D eigenvalue weighted by molar-refractivity contribution is 5.87. The second-order valence-electron chi connectivity index (χ2n) is 5.73. The maximum Gasteiger partial charge on any atom is 0.228 e. The Morgan fingerprint density at radius 3 is 3.12 bits per heavy atom. The van der Waals surface area contributed by atoms with Crippen molar-refractivity contribution in [1.82, 2.24) is 35.3 Å². The van der Waals surface area contributed by atoms with Crippen molar-refractivity contribution in [1.29, 1.82) is 0 Å². The van der Waals surface area contributed by atoms with Gasteiger partial charge in [0.25, 0.3) is 0 Å². The SMILES string of the molecule is Cn1nnc(C2CN(C(=O)Cc3[nH]nc4ccccc34)CCO2)n1. The van der Waals surface area contributed by atoms with Crippen molar-refractivity contribution in [3.8, 4) is 0 Å². The number of aromatic nitrogens is 6. The molecule has 1 saturated heterocycles. The quantitative estimate of drug-likeness (QED) is 0.739. The summed E-state index contributed by atoms with van der Waals surface area (Å²) in [5, 5.41) is 20.1. The number of para-hydroxylation sites is 1. The van der Waals surface area contributed by atoms with Crippen LogP contribution in [0.5, 0.6) is 0 Å². The van der Waals surface area contributed by atoms with Gasteiger partial charge >= 0.3 is 0 Å². The van der Waals surface area contributed by atoms with Crippen LogP contribution in [-0.2, 0) is 23.0 Å². The Balaban J connectivity index is 1.48. The number of hydrogen-bond donors (Lipinski definition) is 1. The number of rotatable bonds is 3. The van der Waals surface area contributed by atoms with Crippen molar-refractivity contribution in [2.45, 2.75) is 12.5 Å². The average molecular weight is 327 g/mol. The molecule has 1 aliphatic rings. The van der Waals surface area contributed by atoms with Gasteiger partial charge in [0.2, 0.25) is 11.7 Å². The molecule has 1 unspecified atom stereocenters. The van der Waals surface area contributed by atoms with E-state index in [1.165, 1.54) is 4.80 Å². The number of carbonyl (C=O) groups excluding carboxylic acids is 1. The Labute approximate surface area is 137 Å². The maximum absolute atomic E-state index is 12.7. The fourth-order valence-corrected chi connectivity index (χ4v) is 2.87. The molecular formula is C15H17N7O2. The first-order valence-electron chi connectivity index (χ1n) is 7.76. The summed E-state index contributed by atoms with van der Waals surface area (Å²) in [7, 11) is 1.70. The summed E-state index contributed by atoms with van der Waals surface area (Å²) in [5.41, 5.74) is 1.69. The van der Waals surface area contributed by atoms with E-state index in [1.807, 2.05) is 24.3 Å². The molecule has 1 N–H and O–H groups in total. The zero-order valence-electron chi connectivity index (χ0n) is 13.2. The van der Waals surface area contributed by atoms with E-state index in [2.05, 4.69) is 25.6 Å². The van der Waals surface area contributed by atoms with Crippen LogP contribution in [0.4, 0.5) is 0 Å². The Morgan fingerprint density at radius 2 is 2.29 bits per heavy atom. The summed E-state index contributed by atoms with van der Waals surface area (Å²) in [6.07, 6.45) is -0.0591. The fraction of sp³-hybridized carbons (Fsp3) is 0.400. The van der Waals surface area contributed by atoms with Crippen molar-refractivity contribution >= 4 is 16.8 Å². The minimum atomic E-state index is -0.338. The van der Waals surface area contributed by atoms with Crippen molar-refractivity contribution in [3.05, 3.63) is 35.8 Å². The van der Waals surface area contributed by atoms with Gasteiger partial charge in [-0.1, -0.05) is 18.2 Å². The number of amides is 1. The third kappa shape index (κ3) is 2.73. The predicted molar refractivity (Wildman–Crippen MR) is 83.9 cm³/mol. The molecule has 1 aliphatic heterocycles. The van der Waals surface area contributed by atoms with E-state index in [4.69, 9.17) is 4.74 Å². The number of H-pyrrole nitrogens is 1. The molecule has 9 nitrogen and oxygen atoms in total. The number of benzene rings is 1. The van der Waals surface area contributed by atoms with Crippen LogP contribution in [0, 0.1) is 0 Å². The van der Waals surface area contributed by atoms with Crippen LogP contribution in [-0.4, -0.2) is 60.9 Å². The zero-order chi connectivity index (χ0) is 16.5. The van der Waals surface area contributed by atoms with Crippen LogP contribution in [0.2, 0.25) is 0 Å². The van der Waals surface area contributed by atoms with Crippen LogP contribution in [0.1, 0.15) is 17.6 Å². The molecule has 124 valence electrons. The average Bonchev–Trinajstić information content (AvgIpc) is 3.22. The first-order chi connectivity index (χ1) is 11.7. The smallest absolute Gasteiger partial charge is 0.228 e. The van der Waals surface area contributed by atoms with Crippen LogP contribution < -0.4 is 0 Å². The predicted octanol–water partition coefficient (Wildman–Crippen LogP) is 0.229. The van der Waals surface area contributed by atoms with Crippen LogP contribution in [0.25, 0.3) is 10.9 Å². The van der Waals surface area contributed by atoms with Crippen molar-refractivity contribution in [2.24, 2.45) is 7.05 Å². The second-order valence-corrected chi connectivity index (χ2v) is 5.73. The van der Waals surface area contributed by atoms with Gasteiger partial charge in [0.05, 0.1) is 37.8 Å². The lowest BCUT2D eigenvalue weighted by atomic mass is 10.1. The van der Waals surface area contributed by atoms with E-state index in [-0.39, 0.29) is 18.4 Å². The number of nitrogens with zero attached hydrogens (tertiary/aromatic N) is 6. The number of ether oxygens (including phenoxy) is 1. The molecule has 1 aromatic carbocycles. The topological polar surface area (TPSA) is 102 Å². The van der Waals surface area contributed by atoms with E-state index < -0.39 is 0 Å². The number of carbonyl (C=O) groups is 1. The lowest BCUT2D eigenvalue weighted by Crippen LogP contribution is -2.43. The van der Waals surface area contributed by atoms with Gasteiger partial charge < -0.3 is 9.64 Å². The van der Waals surface area contributed by atoms with E-state index in [0.29, 0.717) is 25.5 Å². The van der Waals surface area contributed by atoms with Crippen LogP contribution in [0.15, 0.2) is 24.3 Å². The molecule has 4 rings (SSSR count). The number of aryl methyl sites for hydroxylation is 1. The van der Waals surface area contributed by atoms with Gasteiger partial charge in [0.15, 0.2) is 0 Å². The molecule has 9 heteroatoms. The van der Waals surface area contributed by atoms with E-state index in [9.17, 15) is 4.79 Å². The summed E-state index contributed by atoms with van der Waals surface area (Å²) in [6, 6.07) is 7.75. The lowest BCUT2D eigenvalue weighted by Gasteiger charge is -2.31. The third-order valence-corrected chi connectivity index (χ3v) is 4.10. The Morgan fingerprint density at radius 1 is 1.42 bits per heavy atom. The molecule has 0 radical (unpaired) electrons. The molecule has 3 heterocycles. The van der Waals surface area contributed by atoms with Gasteiger partial charge in [-0.05, 0) is 11.3 Å². The summed E-state index contributed by atoms with van der Waals surface area (Å²) in [6.45, 7) is 1.44. The van der Waals surface area contributed by atoms with Crippen LogP contribution in [0.3, 0.4) is 0 Å². The summed E-state index contributed by atoms with van der Waals surface area (Å²) < 4.78 is 5.67. The summed E-state index contributed by atoms with van der Waals surface area (Å²) >= 11 is 0. The first-order valence-corrected chi connectivity index (χ1v) is 7.76. The van der Waals surface area contributed by atoms with Gasteiger partial charge in [-0.25, -0.2) is 0 Å². The molecule has 3 aromatic rings. The largest absolute Gasteiger partial charge is 0.366 e. The highest BCUT2D eigenvalue weighted by atomic mass is 16.5. The lowest BCUT2D eigenvalue weighted by molar-refractivity contribution is -0.138. The molecule has 1 amide bonds. The van der Waals surface area contributed by atoms with Gasteiger partial charge in [0.1, 0.15) is 6.10 Å². The van der Waals surface area contributed by atoms with Gasteiger partial charge in [-0.3, -0.25) is 9.89 Å². The summed E-state index contributed by atoms with van der Waals surface area (Å²) in [5.74, 6) is 0.531. The standard InChI is InChI=1S/C15H17N7O2/c1-21-19-15(18-20-21)13-9-22(6-7-24-13)14(23)8-12-10-4-2-3-5-11(10)16-17-12/h2-5,13H,6-9H2,1H3,(H,16,17). The number of aromatic amines is 1. The number of fused-ring (bicyclic) bond motifs is 1. The second kappa shape index (κ2) is 6.00. The van der Waals surface area contributed by atoms with Crippen molar-refractivity contribution < 1.29 is 9.53 Å². The fourth-order valence-electron chi connectivity index (χ4n) is 2.87. The first kappa shape index (κ1) is 14.8. The normalized spacial score (nSPS) is 18.2. The Bertz CT molecular complexity index is 871. The Hall–Kier alpha value is -2.81. The van der Waals surface area contributed by atoms with Crippen molar-refractivity contribution in [2.75, 3.05) is 19.7 Å². The van der Waals surface area contributed by atoms with Crippen LogP contribution >= 0.6 is 0 Å². The summed E-state index contributed by atoms with van der Waals surface area (Å²) in [4.78, 5) is 15.8. The van der Waals surface area contributed by atoms with Gasteiger partial charge in [-0.2, -0.15) is 9.90 Å². The van der Waals surface area contributed by atoms with Gasteiger partial charge in [-0.15, -0.1) is 10.2 Å². The molecule has 0 aliphatic carbocycles. The molecular weight excluding hydrogens is 310 g/mol. The van der Waals surface area contributed by atoms with Gasteiger partial charge in [0, 0.05) is 11.9 Å². The minimum Gasteiger partial charge on any atom is -0.366 e. The highest BCUT2D eigenvalue weighted by Crippen LogP contribution is 2.20. The van der Waals surface area contributed by atoms with E-state index in [0.717, 1.165) is 16.6 Å². The minimum absolute atomic E-state index is 0.0293.